The Labute approximate surface area is 146 Å². The van der Waals surface area contributed by atoms with Crippen molar-refractivity contribution in [2.75, 3.05) is 11.9 Å². The number of anilines is 1. The van der Waals surface area contributed by atoms with Crippen molar-refractivity contribution in [3.63, 3.8) is 0 Å². The summed E-state index contributed by atoms with van der Waals surface area (Å²) in [7, 11) is 1.65. The summed E-state index contributed by atoms with van der Waals surface area (Å²) in [5.41, 5.74) is 1.23. The van der Waals surface area contributed by atoms with E-state index in [9.17, 15) is 18.0 Å². The summed E-state index contributed by atoms with van der Waals surface area (Å²) in [6.45, 7) is 7.30. The minimum Gasteiger partial charge on any atom is -0.314 e. The Bertz CT molecular complexity index is 788. The smallest absolute Gasteiger partial charge is 0.314 e. The SMILES string of the molecule is Cc1ccc(N(C)C(=O)C(C)(C)C)c(-c2cccc(C(F)(F)F)c2)c1. The molecule has 0 saturated carbocycles. The fraction of sp³-hybridized carbons (Fsp3) is 0.350. The van der Waals surface area contributed by atoms with Gasteiger partial charge >= 0.3 is 6.18 Å². The average molecular weight is 349 g/mol. The predicted octanol–water partition coefficient (Wildman–Crippen LogP) is 5.69. The number of hydrogen-bond donors (Lipinski definition) is 0. The van der Waals surface area contributed by atoms with E-state index in [0.717, 1.165) is 17.7 Å². The summed E-state index contributed by atoms with van der Waals surface area (Å²) in [5.74, 6) is -0.107. The number of aryl methyl sites for hydroxylation is 1. The highest BCUT2D eigenvalue weighted by atomic mass is 19.4. The normalized spacial score (nSPS) is 12.2. The Morgan fingerprint density at radius 1 is 1.00 bits per heavy atom. The molecule has 25 heavy (non-hydrogen) atoms. The number of halogens is 3. The Kier molecular flexibility index (Phi) is 4.98. The fourth-order valence-corrected chi connectivity index (χ4v) is 2.65. The Hall–Kier alpha value is -2.30. The summed E-state index contributed by atoms with van der Waals surface area (Å²) in [4.78, 5) is 14.1. The highest BCUT2D eigenvalue weighted by Crippen LogP contribution is 2.37. The van der Waals surface area contributed by atoms with Crippen LogP contribution in [0.5, 0.6) is 0 Å². The van der Waals surface area contributed by atoms with Gasteiger partial charge in [-0.05, 0) is 36.8 Å². The van der Waals surface area contributed by atoms with Gasteiger partial charge in [0, 0.05) is 18.0 Å². The maximum absolute atomic E-state index is 13.0. The Morgan fingerprint density at radius 2 is 1.64 bits per heavy atom. The number of benzene rings is 2. The van der Waals surface area contributed by atoms with E-state index in [-0.39, 0.29) is 5.91 Å². The Balaban J connectivity index is 2.59. The summed E-state index contributed by atoms with van der Waals surface area (Å²) in [6, 6.07) is 10.6. The molecule has 1 amide bonds. The van der Waals surface area contributed by atoms with Crippen LogP contribution in [0.3, 0.4) is 0 Å². The molecule has 0 aromatic heterocycles. The number of nitrogens with zero attached hydrogens (tertiary/aromatic N) is 1. The van der Waals surface area contributed by atoms with Crippen molar-refractivity contribution in [2.45, 2.75) is 33.9 Å². The van der Waals surface area contributed by atoms with E-state index in [0.29, 0.717) is 16.8 Å². The summed E-state index contributed by atoms with van der Waals surface area (Å²) in [6.07, 6.45) is -4.41. The van der Waals surface area contributed by atoms with Gasteiger partial charge in [0.05, 0.1) is 11.3 Å². The third kappa shape index (κ3) is 4.21. The molecule has 0 atom stereocenters. The summed E-state index contributed by atoms with van der Waals surface area (Å²) in [5, 5.41) is 0. The number of rotatable bonds is 2. The van der Waals surface area contributed by atoms with Crippen molar-refractivity contribution in [1.82, 2.24) is 0 Å². The van der Waals surface area contributed by atoms with Gasteiger partial charge in [-0.3, -0.25) is 4.79 Å². The van der Waals surface area contributed by atoms with Crippen molar-refractivity contribution in [1.29, 1.82) is 0 Å². The largest absolute Gasteiger partial charge is 0.416 e. The van der Waals surface area contributed by atoms with Crippen molar-refractivity contribution >= 4 is 11.6 Å². The number of hydrogen-bond acceptors (Lipinski definition) is 1. The highest BCUT2D eigenvalue weighted by molar-refractivity contribution is 6.00. The van der Waals surface area contributed by atoms with E-state index in [1.54, 1.807) is 25.2 Å². The molecule has 0 heterocycles. The van der Waals surface area contributed by atoms with Crippen LogP contribution in [0, 0.1) is 12.3 Å². The number of alkyl halides is 3. The summed E-state index contributed by atoms with van der Waals surface area (Å²) < 4.78 is 39.1. The van der Waals surface area contributed by atoms with Gasteiger partial charge in [-0.2, -0.15) is 13.2 Å². The number of amides is 1. The molecule has 0 bridgehead atoms. The fourth-order valence-electron chi connectivity index (χ4n) is 2.65. The lowest BCUT2D eigenvalue weighted by atomic mass is 9.93. The lowest BCUT2D eigenvalue weighted by Crippen LogP contribution is -2.36. The van der Waals surface area contributed by atoms with Gasteiger partial charge in [0.15, 0.2) is 0 Å². The topological polar surface area (TPSA) is 20.3 Å². The van der Waals surface area contributed by atoms with Crippen molar-refractivity contribution in [2.24, 2.45) is 5.41 Å². The average Bonchev–Trinajstić information content (AvgIpc) is 2.52. The molecule has 2 rings (SSSR count). The maximum atomic E-state index is 13.0. The molecule has 0 unspecified atom stereocenters. The van der Waals surface area contributed by atoms with Gasteiger partial charge in [-0.25, -0.2) is 0 Å². The highest BCUT2D eigenvalue weighted by Gasteiger charge is 2.31. The van der Waals surface area contributed by atoms with Gasteiger partial charge in [-0.1, -0.05) is 44.5 Å². The van der Waals surface area contributed by atoms with Gasteiger partial charge in [0.2, 0.25) is 5.91 Å². The molecule has 5 heteroatoms. The minimum absolute atomic E-state index is 0.107. The van der Waals surface area contributed by atoms with Crippen LogP contribution in [-0.2, 0) is 11.0 Å². The van der Waals surface area contributed by atoms with E-state index in [1.807, 2.05) is 33.8 Å². The van der Waals surface area contributed by atoms with Crippen molar-refractivity contribution in [3.8, 4) is 11.1 Å². The first-order valence-corrected chi connectivity index (χ1v) is 7.97. The third-order valence-electron chi connectivity index (χ3n) is 3.96. The zero-order chi connectivity index (χ0) is 19.0. The van der Waals surface area contributed by atoms with Crippen LogP contribution in [0.1, 0.15) is 31.9 Å². The minimum atomic E-state index is -4.41. The molecule has 0 aliphatic heterocycles. The molecular weight excluding hydrogens is 327 g/mol. The number of carbonyl (C=O) groups excluding carboxylic acids is 1. The van der Waals surface area contributed by atoms with Crippen LogP contribution in [0.15, 0.2) is 42.5 Å². The quantitative estimate of drug-likeness (QED) is 0.682. The molecule has 0 spiro atoms. The molecule has 134 valence electrons. The molecule has 0 saturated heterocycles. The molecule has 2 aromatic carbocycles. The molecule has 0 aliphatic carbocycles. The molecule has 2 nitrogen and oxygen atoms in total. The lowest BCUT2D eigenvalue weighted by Gasteiger charge is -2.28. The molecule has 0 N–H and O–H groups in total. The van der Waals surface area contributed by atoms with E-state index >= 15 is 0 Å². The first kappa shape index (κ1) is 19.0. The van der Waals surface area contributed by atoms with Crippen LogP contribution in [0.25, 0.3) is 11.1 Å². The first-order valence-electron chi connectivity index (χ1n) is 7.97. The second kappa shape index (κ2) is 6.54. The second-order valence-electron chi connectivity index (χ2n) is 7.21. The van der Waals surface area contributed by atoms with Crippen LogP contribution in [0.2, 0.25) is 0 Å². The predicted molar refractivity (Wildman–Crippen MR) is 94.5 cm³/mol. The second-order valence-corrected chi connectivity index (χ2v) is 7.21. The van der Waals surface area contributed by atoms with Gasteiger partial charge in [-0.15, -0.1) is 0 Å². The van der Waals surface area contributed by atoms with Crippen molar-refractivity contribution in [3.05, 3.63) is 53.6 Å². The molecule has 0 fully saturated rings. The van der Waals surface area contributed by atoms with Crippen LogP contribution in [0.4, 0.5) is 18.9 Å². The Morgan fingerprint density at radius 3 is 2.20 bits per heavy atom. The van der Waals surface area contributed by atoms with Gasteiger partial charge < -0.3 is 4.90 Å². The summed E-state index contributed by atoms with van der Waals surface area (Å²) >= 11 is 0. The maximum Gasteiger partial charge on any atom is 0.416 e. The van der Waals surface area contributed by atoms with E-state index in [2.05, 4.69) is 0 Å². The molecule has 0 radical (unpaired) electrons. The standard InChI is InChI=1S/C20H22F3NO/c1-13-9-10-17(24(5)18(25)19(2,3)4)16(11-13)14-7-6-8-15(12-14)20(21,22)23/h6-12H,1-5H3. The van der Waals surface area contributed by atoms with Gasteiger partial charge in [0.1, 0.15) is 0 Å². The van der Waals surface area contributed by atoms with Crippen LogP contribution >= 0.6 is 0 Å². The lowest BCUT2D eigenvalue weighted by molar-refractivity contribution is -0.137. The van der Waals surface area contributed by atoms with E-state index in [1.165, 1.54) is 11.0 Å². The van der Waals surface area contributed by atoms with E-state index < -0.39 is 17.2 Å². The first-order chi connectivity index (χ1) is 11.4. The zero-order valence-corrected chi connectivity index (χ0v) is 15.0. The zero-order valence-electron chi connectivity index (χ0n) is 15.0. The van der Waals surface area contributed by atoms with E-state index in [4.69, 9.17) is 0 Å². The number of carbonyl (C=O) groups is 1. The molecule has 0 aliphatic rings. The monoisotopic (exact) mass is 349 g/mol. The van der Waals surface area contributed by atoms with Crippen molar-refractivity contribution < 1.29 is 18.0 Å². The van der Waals surface area contributed by atoms with Crippen LogP contribution in [-0.4, -0.2) is 13.0 Å². The third-order valence-corrected chi connectivity index (χ3v) is 3.96. The molecule has 2 aromatic rings. The van der Waals surface area contributed by atoms with Crippen LogP contribution < -0.4 is 4.90 Å². The molecular formula is C20H22F3NO. The van der Waals surface area contributed by atoms with Gasteiger partial charge in [0.25, 0.3) is 0 Å².